The molecule has 1 amide bonds. The number of ether oxygens (including phenoxy) is 1. The fourth-order valence-electron chi connectivity index (χ4n) is 3.78. The van der Waals surface area contributed by atoms with Gasteiger partial charge in [0.2, 0.25) is 0 Å². The van der Waals surface area contributed by atoms with Gasteiger partial charge in [0.05, 0.1) is 4.92 Å². The first-order valence-electron chi connectivity index (χ1n) is 9.99. The van der Waals surface area contributed by atoms with Gasteiger partial charge in [-0.1, -0.05) is 24.3 Å². The van der Waals surface area contributed by atoms with Gasteiger partial charge in [-0.2, -0.15) is 0 Å². The van der Waals surface area contributed by atoms with Crippen LogP contribution in [0.3, 0.4) is 0 Å². The molecule has 1 N–H and O–H groups in total. The molecule has 31 heavy (non-hydrogen) atoms. The van der Waals surface area contributed by atoms with Crippen molar-refractivity contribution >= 4 is 34.3 Å². The van der Waals surface area contributed by atoms with Crippen molar-refractivity contribution in [3.8, 4) is 5.75 Å². The average molecular weight is 418 g/mol. The van der Waals surface area contributed by atoms with E-state index in [4.69, 9.17) is 10.1 Å². The zero-order valence-electron chi connectivity index (χ0n) is 16.9. The molecule has 0 saturated carbocycles. The number of amides is 1. The topological polar surface area (TPSA) is 99.8 Å². The van der Waals surface area contributed by atoms with Crippen LogP contribution >= 0.6 is 0 Å². The molecule has 0 unspecified atom stereocenters. The Balaban J connectivity index is 1.35. The molecule has 8 heteroatoms. The maximum Gasteiger partial charge on any atom is 0.269 e. The Morgan fingerprint density at radius 1 is 1.00 bits per heavy atom. The van der Waals surface area contributed by atoms with Gasteiger partial charge >= 0.3 is 0 Å². The number of non-ortho nitro benzene ring substituents is 1. The molecule has 1 saturated heterocycles. The minimum absolute atomic E-state index is 0.0501. The number of hydrogen-bond acceptors (Lipinski definition) is 6. The molecule has 0 bridgehead atoms. The minimum Gasteiger partial charge on any atom is -0.483 e. The number of carbonyl (C=O) groups excluding carboxylic acids is 1. The molecular formula is C23H22N4O4. The third-order valence-corrected chi connectivity index (χ3v) is 5.48. The number of nitro benzene ring substituents is 1. The number of piperazine rings is 1. The maximum absolute atomic E-state index is 12.7. The van der Waals surface area contributed by atoms with Gasteiger partial charge in [0.1, 0.15) is 5.75 Å². The van der Waals surface area contributed by atoms with Crippen LogP contribution in [0, 0.1) is 15.5 Å². The van der Waals surface area contributed by atoms with Crippen LogP contribution in [0.15, 0.2) is 60.7 Å². The first-order valence-corrected chi connectivity index (χ1v) is 9.99. The van der Waals surface area contributed by atoms with Gasteiger partial charge in [0.25, 0.3) is 11.6 Å². The Bertz CT molecular complexity index is 1120. The van der Waals surface area contributed by atoms with Crippen LogP contribution in [0.5, 0.6) is 5.75 Å². The predicted molar refractivity (Wildman–Crippen MR) is 119 cm³/mol. The molecule has 158 valence electrons. The Morgan fingerprint density at radius 2 is 1.68 bits per heavy atom. The first-order chi connectivity index (χ1) is 15.1. The third-order valence-electron chi connectivity index (χ3n) is 5.48. The molecule has 0 aliphatic carbocycles. The van der Waals surface area contributed by atoms with E-state index in [1.54, 1.807) is 23.1 Å². The lowest BCUT2D eigenvalue weighted by atomic mass is 10.0. The van der Waals surface area contributed by atoms with Crippen molar-refractivity contribution in [2.45, 2.75) is 0 Å². The summed E-state index contributed by atoms with van der Waals surface area (Å²) in [7, 11) is 0. The van der Waals surface area contributed by atoms with Gasteiger partial charge in [-0.05, 0) is 29.7 Å². The molecule has 0 atom stereocenters. The second kappa shape index (κ2) is 8.83. The molecule has 3 aromatic rings. The summed E-state index contributed by atoms with van der Waals surface area (Å²) in [5.41, 5.74) is 1.78. The van der Waals surface area contributed by atoms with Crippen molar-refractivity contribution < 1.29 is 14.5 Å². The van der Waals surface area contributed by atoms with Crippen molar-refractivity contribution in [1.82, 2.24) is 4.90 Å². The van der Waals surface area contributed by atoms with E-state index in [0.29, 0.717) is 31.9 Å². The summed E-state index contributed by atoms with van der Waals surface area (Å²) in [5, 5.41) is 20.1. The van der Waals surface area contributed by atoms with E-state index in [2.05, 4.69) is 4.90 Å². The van der Waals surface area contributed by atoms with Crippen LogP contribution in [0.2, 0.25) is 0 Å². The normalized spacial score (nSPS) is 13.8. The van der Waals surface area contributed by atoms with E-state index in [9.17, 15) is 14.9 Å². The van der Waals surface area contributed by atoms with Gasteiger partial charge in [-0.3, -0.25) is 14.9 Å². The molecule has 0 aromatic heterocycles. The molecule has 1 heterocycles. The van der Waals surface area contributed by atoms with Crippen LogP contribution < -0.4 is 9.64 Å². The van der Waals surface area contributed by atoms with Crippen molar-refractivity contribution in [1.29, 1.82) is 5.41 Å². The van der Waals surface area contributed by atoms with E-state index < -0.39 is 4.92 Å². The highest BCUT2D eigenvalue weighted by molar-refractivity contribution is 6.01. The molecular weight excluding hydrogens is 396 g/mol. The molecule has 4 rings (SSSR count). The monoisotopic (exact) mass is 418 g/mol. The summed E-state index contributed by atoms with van der Waals surface area (Å²) < 4.78 is 5.84. The average Bonchev–Trinajstić information content (AvgIpc) is 2.82. The van der Waals surface area contributed by atoms with E-state index in [1.165, 1.54) is 18.3 Å². The predicted octanol–water partition coefficient (Wildman–Crippen LogP) is 3.47. The second-order valence-corrected chi connectivity index (χ2v) is 7.27. The number of nitro groups is 1. The van der Waals surface area contributed by atoms with Gasteiger partial charge < -0.3 is 19.9 Å². The van der Waals surface area contributed by atoms with Crippen molar-refractivity contribution in [3.05, 3.63) is 76.3 Å². The van der Waals surface area contributed by atoms with E-state index in [1.807, 2.05) is 30.3 Å². The van der Waals surface area contributed by atoms with Crippen LogP contribution in [0.25, 0.3) is 10.8 Å². The Kier molecular flexibility index (Phi) is 5.79. The second-order valence-electron chi connectivity index (χ2n) is 7.27. The van der Waals surface area contributed by atoms with Crippen molar-refractivity contribution in [2.24, 2.45) is 0 Å². The van der Waals surface area contributed by atoms with E-state index in [-0.39, 0.29) is 18.2 Å². The number of rotatable bonds is 6. The zero-order chi connectivity index (χ0) is 21.8. The molecule has 1 aliphatic heterocycles. The van der Waals surface area contributed by atoms with Crippen LogP contribution in [0.1, 0.15) is 5.56 Å². The quantitative estimate of drug-likeness (QED) is 0.375. The van der Waals surface area contributed by atoms with Gasteiger partial charge in [-0.15, -0.1) is 0 Å². The Hall–Kier alpha value is -3.94. The molecule has 0 radical (unpaired) electrons. The summed E-state index contributed by atoms with van der Waals surface area (Å²) in [6, 6.07) is 17.7. The summed E-state index contributed by atoms with van der Waals surface area (Å²) in [6.45, 7) is 2.38. The van der Waals surface area contributed by atoms with Crippen LogP contribution in [-0.2, 0) is 4.79 Å². The SMILES string of the molecule is N=Cc1ccc(OCC(=O)N2CCN(c3ccc([N+](=O)[O-])cc3)CC2)c2ccccc12. The lowest BCUT2D eigenvalue weighted by Crippen LogP contribution is -2.50. The lowest BCUT2D eigenvalue weighted by molar-refractivity contribution is -0.384. The number of nitrogens with zero attached hydrogens (tertiary/aromatic N) is 3. The smallest absolute Gasteiger partial charge is 0.269 e. The van der Waals surface area contributed by atoms with Crippen molar-refractivity contribution in [3.63, 3.8) is 0 Å². The summed E-state index contributed by atoms with van der Waals surface area (Å²) in [5.74, 6) is 0.544. The number of nitrogens with one attached hydrogen (secondary N) is 1. The fourth-order valence-corrected chi connectivity index (χ4v) is 3.78. The highest BCUT2D eigenvalue weighted by atomic mass is 16.6. The van der Waals surface area contributed by atoms with Gasteiger partial charge in [0, 0.05) is 61.2 Å². The maximum atomic E-state index is 12.7. The lowest BCUT2D eigenvalue weighted by Gasteiger charge is -2.36. The number of anilines is 1. The molecule has 0 spiro atoms. The van der Waals surface area contributed by atoms with Gasteiger partial charge in [-0.25, -0.2) is 0 Å². The zero-order valence-corrected chi connectivity index (χ0v) is 16.9. The Morgan fingerprint density at radius 3 is 2.32 bits per heavy atom. The fraction of sp³-hybridized carbons (Fsp3) is 0.217. The number of hydrogen-bond donors (Lipinski definition) is 1. The van der Waals surface area contributed by atoms with E-state index >= 15 is 0 Å². The highest BCUT2D eigenvalue weighted by Crippen LogP contribution is 2.28. The van der Waals surface area contributed by atoms with Crippen molar-refractivity contribution in [2.75, 3.05) is 37.7 Å². The number of fused-ring (bicyclic) bond motifs is 1. The number of carbonyl (C=O) groups is 1. The standard InChI is InChI=1S/C23H22N4O4/c24-15-17-5-10-22(21-4-2-1-3-20(17)21)31-16-23(28)26-13-11-25(12-14-26)18-6-8-19(9-7-18)27(29)30/h1-10,15,24H,11-14,16H2. The Labute approximate surface area is 179 Å². The minimum atomic E-state index is -0.414. The summed E-state index contributed by atoms with van der Waals surface area (Å²) >= 11 is 0. The third kappa shape index (κ3) is 4.32. The van der Waals surface area contributed by atoms with Gasteiger partial charge in [0.15, 0.2) is 6.61 Å². The van der Waals surface area contributed by atoms with E-state index in [0.717, 1.165) is 22.0 Å². The first kappa shape index (κ1) is 20.3. The van der Waals surface area contributed by atoms with Crippen LogP contribution in [-0.4, -0.2) is 54.7 Å². The summed E-state index contributed by atoms with van der Waals surface area (Å²) in [4.78, 5) is 26.9. The molecule has 3 aromatic carbocycles. The largest absolute Gasteiger partial charge is 0.483 e. The van der Waals surface area contributed by atoms with Crippen LogP contribution in [0.4, 0.5) is 11.4 Å². The molecule has 1 fully saturated rings. The number of benzene rings is 3. The molecule has 1 aliphatic rings. The summed E-state index contributed by atoms with van der Waals surface area (Å²) in [6.07, 6.45) is 1.31. The molecule has 8 nitrogen and oxygen atoms in total. The highest BCUT2D eigenvalue weighted by Gasteiger charge is 2.22.